The molecule has 3 aliphatic rings. The van der Waals surface area contributed by atoms with Crippen LogP contribution in [0.3, 0.4) is 0 Å². The standard InChI is InChI=1S/C32H40N4O6/c1-5-36-25(28(31(38)40-6-2)29(33-32(36)39)23-10-8-22(9-11-23)21(3)4)19-34-14-7-15-35(17-16-34)30(37)24-12-13-26-27(18-24)42-20-41-26/h8-13,18,21,29H,5-7,14-17,19-20H2,1-4H3,(H,33,39). The van der Waals surface area contributed by atoms with Gasteiger partial charge in [-0.1, -0.05) is 38.1 Å². The van der Waals surface area contributed by atoms with E-state index in [1.165, 1.54) is 5.56 Å². The molecule has 0 radical (unpaired) electrons. The van der Waals surface area contributed by atoms with E-state index >= 15 is 0 Å². The third kappa shape index (κ3) is 6.09. The van der Waals surface area contributed by atoms with Crippen LogP contribution in [0.15, 0.2) is 53.7 Å². The van der Waals surface area contributed by atoms with Gasteiger partial charge in [0, 0.05) is 50.5 Å². The molecule has 2 aromatic carbocycles. The number of fused-ring (bicyclic) bond motifs is 1. The van der Waals surface area contributed by atoms with Crippen molar-refractivity contribution in [3.63, 3.8) is 0 Å². The predicted molar refractivity (Wildman–Crippen MR) is 157 cm³/mol. The van der Waals surface area contributed by atoms with Crippen molar-refractivity contribution in [2.24, 2.45) is 0 Å². The summed E-state index contributed by atoms with van der Waals surface area (Å²) in [5.74, 6) is 1.10. The van der Waals surface area contributed by atoms with E-state index in [-0.39, 0.29) is 25.3 Å². The van der Waals surface area contributed by atoms with Crippen LogP contribution in [0.1, 0.15) is 67.6 Å². The maximum absolute atomic E-state index is 13.5. The van der Waals surface area contributed by atoms with Gasteiger partial charge in [0.1, 0.15) is 0 Å². The molecule has 42 heavy (non-hydrogen) atoms. The maximum atomic E-state index is 13.5. The van der Waals surface area contributed by atoms with Crippen LogP contribution >= 0.6 is 0 Å². The number of ether oxygens (including phenoxy) is 3. The van der Waals surface area contributed by atoms with Gasteiger partial charge in [-0.15, -0.1) is 0 Å². The number of nitrogens with one attached hydrogen (secondary N) is 1. The van der Waals surface area contributed by atoms with Crippen molar-refractivity contribution in [3.8, 4) is 11.5 Å². The van der Waals surface area contributed by atoms with Crippen molar-refractivity contribution < 1.29 is 28.6 Å². The second kappa shape index (κ2) is 12.9. The number of likely N-dealkylation sites (N-methyl/N-ethyl adjacent to an activating group) is 1. The van der Waals surface area contributed by atoms with Gasteiger partial charge in [-0.3, -0.25) is 14.6 Å². The molecule has 3 aliphatic heterocycles. The first-order chi connectivity index (χ1) is 20.3. The van der Waals surface area contributed by atoms with Crippen LogP contribution in [-0.2, 0) is 9.53 Å². The van der Waals surface area contributed by atoms with E-state index in [0.717, 1.165) is 18.5 Å². The highest BCUT2D eigenvalue weighted by Gasteiger charge is 2.38. The Labute approximate surface area is 247 Å². The van der Waals surface area contributed by atoms with Gasteiger partial charge in [-0.2, -0.15) is 0 Å². The third-order valence-electron chi connectivity index (χ3n) is 8.06. The Morgan fingerprint density at radius 1 is 1.00 bits per heavy atom. The highest BCUT2D eigenvalue weighted by molar-refractivity contribution is 5.96. The Balaban J connectivity index is 1.39. The van der Waals surface area contributed by atoms with Crippen molar-refractivity contribution in [2.45, 2.75) is 46.1 Å². The van der Waals surface area contributed by atoms with Crippen molar-refractivity contribution in [3.05, 3.63) is 70.4 Å². The quantitative estimate of drug-likeness (QED) is 0.468. The lowest BCUT2D eigenvalue weighted by Crippen LogP contribution is -2.51. The largest absolute Gasteiger partial charge is 0.463 e. The molecule has 0 bridgehead atoms. The first-order valence-electron chi connectivity index (χ1n) is 14.8. The summed E-state index contributed by atoms with van der Waals surface area (Å²) in [6.45, 7) is 11.6. The van der Waals surface area contributed by atoms with Crippen molar-refractivity contribution in [1.29, 1.82) is 0 Å². The number of rotatable bonds is 8. The monoisotopic (exact) mass is 576 g/mol. The van der Waals surface area contributed by atoms with Gasteiger partial charge in [-0.25, -0.2) is 9.59 Å². The van der Waals surface area contributed by atoms with Crippen molar-refractivity contribution in [1.82, 2.24) is 20.0 Å². The Morgan fingerprint density at radius 2 is 1.76 bits per heavy atom. The second-order valence-corrected chi connectivity index (χ2v) is 11.0. The third-order valence-corrected chi connectivity index (χ3v) is 8.06. The molecule has 0 saturated carbocycles. The smallest absolute Gasteiger partial charge is 0.338 e. The Kier molecular flexibility index (Phi) is 9.01. The lowest BCUT2D eigenvalue weighted by atomic mass is 9.92. The van der Waals surface area contributed by atoms with E-state index < -0.39 is 12.0 Å². The van der Waals surface area contributed by atoms with Crippen LogP contribution < -0.4 is 14.8 Å². The predicted octanol–water partition coefficient (Wildman–Crippen LogP) is 4.29. The molecular weight excluding hydrogens is 536 g/mol. The summed E-state index contributed by atoms with van der Waals surface area (Å²) in [5, 5.41) is 3.05. The van der Waals surface area contributed by atoms with Crippen LogP contribution in [0, 0.1) is 0 Å². The zero-order valence-electron chi connectivity index (χ0n) is 24.9. The topological polar surface area (TPSA) is 101 Å². The molecule has 2 aromatic rings. The summed E-state index contributed by atoms with van der Waals surface area (Å²) in [4.78, 5) is 45.9. The van der Waals surface area contributed by atoms with Crippen molar-refractivity contribution in [2.75, 3.05) is 52.7 Å². The molecule has 0 spiro atoms. The number of hydrogen-bond acceptors (Lipinski definition) is 7. The lowest BCUT2D eigenvalue weighted by Gasteiger charge is -2.38. The molecule has 0 aliphatic carbocycles. The molecule has 10 heteroatoms. The van der Waals surface area contributed by atoms with E-state index in [1.807, 2.05) is 36.1 Å². The summed E-state index contributed by atoms with van der Waals surface area (Å²) in [6.07, 6.45) is 0.761. The van der Waals surface area contributed by atoms with Crippen LogP contribution in [0.5, 0.6) is 11.5 Å². The molecule has 1 fully saturated rings. The van der Waals surface area contributed by atoms with Gasteiger partial charge in [0.15, 0.2) is 11.5 Å². The molecular formula is C32H40N4O6. The summed E-state index contributed by atoms with van der Waals surface area (Å²) in [7, 11) is 0. The fourth-order valence-corrected chi connectivity index (χ4v) is 5.74. The lowest BCUT2D eigenvalue weighted by molar-refractivity contribution is -0.139. The first-order valence-corrected chi connectivity index (χ1v) is 14.8. The van der Waals surface area contributed by atoms with E-state index in [0.29, 0.717) is 67.0 Å². The van der Waals surface area contributed by atoms with Crippen LogP contribution in [0.2, 0.25) is 0 Å². The van der Waals surface area contributed by atoms with Gasteiger partial charge in [-0.05, 0) is 55.5 Å². The number of carbonyl (C=O) groups excluding carboxylic acids is 3. The number of esters is 1. The van der Waals surface area contributed by atoms with E-state index in [1.54, 1.807) is 30.0 Å². The summed E-state index contributed by atoms with van der Waals surface area (Å²) < 4.78 is 16.4. The second-order valence-electron chi connectivity index (χ2n) is 11.0. The van der Waals surface area contributed by atoms with Gasteiger partial charge >= 0.3 is 12.0 Å². The number of hydrogen-bond donors (Lipinski definition) is 1. The molecule has 3 heterocycles. The Morgan fingerprint density at radius 3 is 2.48 bits per heavy atom. The van der Waals surface area contributed by atoms with E-state index in [2.05, 4.69) is 24.1 Å². The zero-order chi connectivity index (χ0) is 29.8. The molecule has 1 unspecified atom stereocenters. The van der Waals surface area contributed by atoms with Gasteiger partial charge in [0.2, 0.25) is 6.79 Å². The zero-order valence-corrected chi connectivity index (χ0v) is 24.9. The highest BCUT2D eigenvalue weighted by atomic mass is 16.7. The molecule has 3 amide bonds. The van der Waals surface area contributed by atoms with E-state index in [9.17, 15) is 14.4 Å². The molecule has 1 N–H and O–H groups in total. The van der Waals surface area contributed by atoms with E-state index in [4.69, 9.17) is 14.2 Å². The number of carbonyl (C=O) groups is 3. The molecule has 224 valence electrons. The van der Waals surface area contributed by atoms with Crippen LogP contribution in [-0.4, -0.2) is 85.3 Å². The first kappa shape index (κ1) is 29.4. The van der Waals surface area contributed by atoms with Gasteiger partial charge in [0.05, 0.1) is 18.2 Å². The SMILES string of the molecule is CCOC(=O)C1=C(CN2CCCN(C(=O)c3ccc4c(c3)OCO4)CC2)N(CC)C(=O)NC1c1ccc(C(C)C)cc1. The number of benzene rings is 2. The fraction of sp³-hybridized carbons (Fsp3) is 0.469. The average molecular weight is 577 g/mol. The maximum Gasteiger partial charge on any atom is 0.338 e. The molecule has 10 nitrogen and oxygen atoms in total. The summed E-state index contributed by atoms with van der Waals surface area (Å²) in [5.41, 5.74) is 3.68. The Bertz CT molecular complexity index is 1360. The number of nitrogens with zero attached hydrogens (tertiary/aromatic N) is 3. The van der Waals surface area contributed by atoms with Crippen LogP contribution in [0.25, 0.3) is 0 Å². The molecule has 0 aromatic heterocycles. The molecule has 1 atom stereocenters. The average Bonchev–Trinajstić information content (AvgIpc) is 3.34. The van der Waals surface area contributed by atoms with Gasteiger partial charge < -0.3 is 24.4 Å². The van der Waals surface area contributed by atoms with Gasteiger partial charge in [0.25, 0.3) is 5.91 Å². The highest BCUT2D eigenvalue weighted by Crippen LogP contribution is 2.34. The molecule has 5 rings (SSSR count). The fourth-order valence-electron chi connectivity index (χ4n) is 5.74. The Hall–Kier alpha value is -4.05. The summed E-state index contributed by atoms with van der Waals surface area (Å²) in [6, 6.07) is 12.4. The minimum Gasteiger partial charge on any atom is -0.463 e. The van der Waals surface area contributed by atoms with Crippen LogP contribution in [0.4, 0.5) is 4.79 Å². The minimum absolute atomic E-state index is 0.0567. The molecule has 1 saturated heterocycles. The van der Waals surface area contributed by atoms with Crippen molar-refractivity contribution >= 4 is 17.9 Å². The minimum atomic E-state index is -0.619. The number of amides is 3. The number of urea groups is 1. The normalized spacial score (nSPS) is 19.2. The summed E-state index contributed by atoms with van der Waals surface area (Å²) >= 11 is 0.